The van der Waals surface area contributed by atoms with Gasteiger partial charge in [-0.2, -0.15) is 0 Å². The Bertz CT molecular complexity index is 1020. The van der Waals surface area contributed by atoms with Crippen molar-refractivity contribution in [3.8, 4) is 5.75 Å². The third-order valence-corrected chi connectivity index (χ3v) is 6.84. The number of hydrogen-bond donors (Lipinski definition) is 1. The van der Waals surface area contributed by atoms with Gasteiger partial charge in [0, 0.05) is 5.56 Å². The number of nitrogens with zero attached hydrogens (tertiary/aromatic N) is 1. The number of hydrogen-bond acceptors (Lipinski definition) is 5. The van der Waals surface area contributed by atoms with Crippen LogP contribution in [0.15, 0.2) is 89.8 Å². The van der Waals surface area contributed by atoms with Crippen molar-refractivity contribution in [3.63, 3.8) is 0 Å². The van der Waals surface area contributed by atoms with Crippen LogP contribution in [0, 0.1) is 0 Å². The summed E-state index contributed by atoms with van der Waals surface area (Å²) in [4.78, 5) is 6.07. The van der Waals surface area contributed by atoms with Gasteiger partial charge in [-0.25, -0.2) is 13.5 Å². The molecule has 0 aliphatic carbocycles. The van der Waals surface area contributed by atoms with Crippen LogP contribution < -0.4 is 5.06 Å². The fourth-order valence-corrected chi connectivity index (χ4v) is 5.12. The van der Waals surface area contributed by atoms with E-state index in [0.717, 1.165) is 5.69 Å². The van der Waals surface area contributed by atoms with E-state index in [1.165, 1.54) is 0 Å². The van der Waals surface area contributed by atoms with Crippen LogP contribution in [0.3, 0.4) is 0 Å². The van der Waals surface area contributed by atoms with Crippen molar-refractivity contribution in [2.75, 3.05) is 11.7 Å². The van der Waals surface area contributed by atoms with Crippen LogP contribution in [0.5, 0.6) is 5.75 Å². The van der Waals surface area contributed by atoms with Crippen molar-refractivity contribution in [3.05, 3.63) is 90.5 Å². The summed E-state index contributed by atoms with van der Waals surface area (Å²) in [5.41, 5.74) is 1.25. The van der Waals surface area contributed by atoms with Gasteiger partial charge in [-0.05, 0) is 30.3 Å². The zero-order chi connectivity index (χ0) is 18.9. The summed E-state index contributed by atoms with van der Waals surface area (Å²) in [6.45, 7) is 0.00508. The number of hydroxylamine groups is 1. The minimum atomic E-state index is -3.67. The molecule has 27 heavy (non-hydrogen) atoms. The number of para-hydroxylation sites is 2. The van der Waals surface area contributed by atoms with Crippen molar-refractivity contribution in [2.45, 2.75) is 16.2 Å². The van der Waals surface area contributed by atoms with Crippen LogP contribution in [0.25, 0.3) is 0 Å². The van der Waals surface area contributed by atoms with E-state index in [2.05, 4.69) is 0 Å². The van der Waals surface area contributed by atoms with Gasteiger partial charge in [0.05, 0.1) is 17.2 Å². The normalized spacial score (nSPS) is 19.9. The van der Waals surface area contributed by atoms with Crippen LogP contribution >= 0.6 is 0 Å². The SMILES string of the molecule is O=S(=O)(c1ccccc1)[C@H]1CON(c2ccccc2)[C@@H]1c1ccccc1O. The minimum absolute atomic E-state index is 0.00508. The maximum Gasteiger partial charge on any atom is 0.186 e. The second kappa shape index (κ2) is 7.06. The Morgan fingerprint density at radius 3 is 2.11 bits per heavy atom. The minimum Gasteiger partial charge on any atom is -0.508 e. The average molecular weight is 381 g/mol. The molecule has 6 heteroatoms. The molecule has 0 bridgehead atoms. The van der Waals surface area contributed by atoms with Gasteiger partial charge in [0.1, 0.15) is 17.0 Å². The fraction of sp³-hybridized carbons (Fsp3) is 0.143. The Morgan fingerprint density at radius 1 is 0.852 bits per heavy atom. The van der Waals surface area contributed by atoms with Gasteiger partial charge in [0.15, 0.2) is 9.84 Å². The first-order chi connectivity index (χ1) is 13.1. The highest BCUT2D eigenvalue weighted by atomic mass is 32.2. The highest BCUT2D eigenvalue weighted by molar-refractivity contribution is 7.92. The van der Waals surface area contributed by atoms with Crippen LogP contribution in [0.2, 0.25) is 0 Å². The van der Waals surface area contributed by atoms with Crippen molar-refractivity contribution >= 4 is 15.5 Å². The number of rotatable bonds is 4. The lowest BCUT2D eigenvalue weighted by Crippen LogP contribution is -2.32. The summed E-state index contributed by atoms with van der Waals surface area (Å²) in [7, 11) is -3.67. The van der Waals surface area contributed by atoms with E-state index in [0.29, 0.717) is 5.56 Å². The lowest BCUT2D eigenvalue weighted by molar-refractivity contribution is 0.159. The van der Waals surface area contributed by atoms with Gasteiger partial charge in [0.25, 0.3) is 0 Å². The van der Waals surface area contributed by atoms with Gasteiger partial charge in [-0.3, -0.25) is 4.84 Å². The molecule has 0 radical (unpaired) electrons. The molecule has 1 saturated heterocycles. The topological polar surface area (TPSA) is 66.8 Å². The third kappa shape index (κ3) is 3.18. The number of phenols is 1. The first-order valence-corrected chi connectivity index (χ1v) is 10.2. The van der Waals surface area contributed by atoms with Gasteiger partial charge in [0.2, 0.25) is 0 Å². The Balaban J connectivity index is 1.83. The molecule has 0 aromatic heterocycles. The van der Waals surface area contributed by atoms with Crippen molar-refractivity contribution in [2.24, 2.45) is 0 Å². The van der Waals surface area contributed by atoms with Crippen LogP contribution in [0.4, 0.5) is 5.69 Å². The van der Waals surface area contributed by atoms with Gasteiger partial charge in [-0.15, -0.1) is 0 Å². The Hall–Kier alpha value is -2.83. The Morgan fingerprint density at radius 2 is 1.44 bits per heavy atom. The molecule has 3 aromatic carbocycles. The number of benzene rings is 3. The van der Waals surface area contributed by atoms with Crippen molar-refractivity contribution < 1.29 is 18.4 Å². The lowest BCUT2D eigenvalue weighted by atomic mass is 10.0. The van der Waals surface area contributed by atoms with Crippen LogP contribution in [0.1, 0.15) is 11.6 Å². The molecule has 0 saturated carbocycles. The molecular weight excluding hydrogens is 362 g/mol. The molecule has 1 aliphatic heterocycles. The first kappa shape index (κ1) is 17.6. The van der Waals surface area contributed by atoms with E-state index in [1.54, 1.807) is 59.7 Å². The van der Waals surface area contributed by atoms with E-state index in [9.17, 15) is 13.5 Å². The molecule has 1 fully saturated rings. The predicted molar refractivity (Wildman–Crippen MR) is 103 cm³/mol. The first-order valence-electron chi connectivity index (χ1n) is 8.63. The quantitative estimate of drug-likeness (QED) is 0.746. The monoisotopic (exact) mass is 381 g/mol. The predicted octanol–water partition coefficient (Wildman–Crippen LogP) is 3.73. The van der Waals surface area contributed by atoms with Gasteiger partial charge < -0.3 is 5.11 Å². The molecule has 1 heterocycles. The molecule has 138 valence electrons. The van der Waals surface area contributed by atoms with Crippen molar-refractivity contribution in [1.82, 2.24) is 0 Å². The number of aromatic hydroxyl groups is 1. The summed E-state index contributed by atoms with van der Waals surface area (Å²) >= 11 is 0. The largest absolute Gasteiger partial charge is 0.508 e. The second-order valence-electron chi connectivity index (χ2n) is 6.36. The molecule has 2 atom stereocenters. The van der Waals surface area contributed by atoms with E-state index < -0.39 is 21.1 Å². The summed E-state index contributed by atoms with van der Waals surface area (Å²) in [6.07, 6.45) is 0. The summed E-state index contributed by atoms with van der Waals surface area (Å²) in [6, 6.07) is 23.8. The number of anilines is 1. The maximum atomic E-state index is 13.3. The highest BCUT2D eigenvalue weighted by Gasteiger charge is 2.46. The zero-order valence-corrected chi connectivity index (χ0v) is 15.3. The lowest BCUT2D eigenvalue weighted by Gasteiger charge is -2.28. The summed E-state index contributed by atoms with van der Waals surface area (Å²) in [5.74, 6) is 0.0437. The molecule has 0 unspecified atom stereocenters. The molecule has 1 N–H and O–H groups in total. The molecular formula is C21H19NO4S. The molecule has 0 spiro atoms. The maximum absolute atomic E-state index is 13.3. The fourth-order valence-electron chi connectivity index (χ4n) is 3.39. The molecule has 5 nitrogen and oxygen atoms in total. The van der Waals surface area contributed by atoms with E-state index >= 15 is 0 Å². The number of sulfone groups is 1. The third-order valence-electron chi connectivity index (χ3n) is 4.72. The summed E-state index contributed by atoms with van der Waals surface area (Å²) < 4.78 is 26.6. The van der Waals surface area contributed by atoms with E-state index in [4.69, 9.17) is 4.84 Å². The molecule has 1 aliphatic rings. The van der Waals surface area contributed by atoms with Crippen LogP contribution in [-0.4, -0.2) is 25.4 Å². The zero-order valence-electron chi connectivity index (χ0n) is 14.5. The Labute approximate surface area is 158 Å². The average Bonchev–Trinajstić information content (AvgIpc) is 3.15. The van der Waals surface area contributed by atoms with Crippen LogP contribution in [-0.2, 0) is 14.7 Å². The summed E-state index contributed by atoms with van der Waals surface area (Å²) in [5, 5.41) is 11.1. The Kier molecular flexibility index (Phi) is 4.59. The van der Waals surface area contributed by atoms with E-state index in [-0.39, 0.29) is 17.3 Å². The standard InChI is InChI=1S/C21H19NO4S/c23-19-14-8-7-13-18(19)21-20(27(24,25)17-11-5-2-6-12-17)15-26-22(21)16-9-3-1-4-10-16/h1-14,20-21,23H,15H2/t20-,21+/m0/s1. The smallest absolute Gasteiger partial charge is 0.186 e. The van der Waals surface area contributed by atoms with Crippen molar-refractivity contribution in [1.29, 1.82) is 0 Å². The second-order valence-corrected chi connectivity index (χ2v) is 8.52. The molecule has 3 aromatic rings. The van der Waals surface area contributed by atoms with Gasteiger partial charge in [-0.1, -0.05) is 54.6 Å². The number of phenolic OH excluding ortho intramolecular Hbond substituents is 1. The van der Waals surface area contributed by atoms with E-state index in [1.807, 2.05) is 30.3 Å². The molecule has 4 rings (SSSR count). The van der Waals surface area contributed by atoms with Gasteiger partial charge >= 0.3 is 0 Å². The molecule has 0 amide bonds. The highest BCUT2D eigenvalue weighted by Crippen LogP contribution is 2.42.